The number of carbonyl (C=O) groups is 2. The number of nitrogens with zero attached hydrogens (tertiary/aromatic N) is 1. The predicted octanol–water partition coefficient (Wildman–Crippen LogP) is 4.90. The summed E-state index contributed by atoms with van der Waals surface area (Å²) in [6.45, 7) is 5.58. The largest absolute Gasteiger partial charge is 0.340 e. The molecule has 0 aliphatic carbocycles. The fraction of sp³-hybridized carbons (Fsp3) is 0.136. The monoisotopic (exact) mass is 359 g/mol. The number of aryl methyl sites for hydroxylation is 2. The average molecular weight is 359 g/mol. The summed E-state index contributed by atoms with van der Waals surface area (Å²) < 4.78 is 0. The highest BCUT2D eigenvalue weighted by molar-refractivity contribution is 6.05. The quantitative estimate of drug-likeness (QED) is 0.636. The summed E-state index contributed by atoms with van der Waals surface area (Å²) in [6, 6.07) is 16.5. The number of nitrogens with one attached hydrogen (secondary N) is 2. The second-order valence-electron chi connectivity index (χ2n) is 6.52. The van der Waals surface area contributed by atoms with Gasteiger partial charge in [-0.1, -0.05) is 18.2 Å². The van der Waals surface area contributed by atoms with Crippen molar-refractivity contribution in [2.24, 2.45) is 0 Å². The number of hydrogen-bond donors (Lipinski definition) is 2. The molecule has 136 valence electrons. The molecule has 1 aromatic heterocycles. The lowest BCUT2D eigenvalue weighted by atomic mass is 10.1. The van der Waals surface area contributed by atoms with E-state index in [4.69, 9.17) is 0 Å². The molecular formula is C22H21N3O2. The first-order valence-electron chi connectivity index (χ1n) is 8.64. The molecule has 0 bridgehead atoms. The Morgan fingerprint density at radius 3 is 2.22 bits per heavy atom. The minimum Gasteiger partial charge on any atom is -0.340 e. The first-order chi connectivity index (χ1) is 12.9. The Morgan fingerprint density at radius 2 is 1.59 bits per heavy atom. The van der Waals surface area contributed by atoms with Gasteiger partial charge in [-0.2, -0.15) is 0 Å². The van der Waals surface area contributed by atoms with Crippen LogP contribution in [0.3, 0.4) is 0 Å². The molecule has 3 aromatic rings. The summed E-state index contributed by atoms with van der Waals surface area (Å²) in [7, 11) is 0. The Kier molecular flexibility index (Phi) is 5.31. The molecule has 3 rings (SSSR count). The number of hydrogen-bond acceptors (Lipinski definition) is 4. The molecule has 2 N–H and O–H groups in total. The molecule has 0 fully saturated rings. The van der Waals surface area contributed by atoms with Crippen LogP contribution in [0.4, 0.5) is 17.2 Å². The molecule has 0 saturated heterocycles. The summed E-state index contributed by atoms with van der Waals surface area (Å²) >= 11 is 0. The molecule has 0 aliphatic rings. The number of aromatic nitrogens is 1. The smallest absolute Gasteiger partial charge is 0.257 e. The Hall–Kier alpha value is -3.47. The lowest BCUT2D eigenvalue weighted by Crippen LogP contribution is -2.12. The van der Waals surface area contributed by atoms with Gasteiger partial charge in [-0.3, -0.25) is 9.59 Å². The second kappa shape index (κ2) is 7.83. The van der Waals surface area contributed by atoms with Crippen LogP contribution in [0.25, 0.3) is 0 Å². The Bertz CT molecular complexity index is 974. The fourth-order valence-electron chi connectivity index (χ4n) is 2.82. The third-order valence-electron chi connectivity index (χ3n) is 4.05. The summed E-state index contributed by atoms with van der Waals surface area (Å²) in [5.41, 5.74) is 4.86. The van der Waals surface area contributed by atoms with E-state index in [2.05, 4.69) is 21.7 Å². The molecule has 1 amide bonds. The topological polar surface area (TPSA) is 71.1 Å². The van der Waals surface area contributed by atoms with Crippen molar-refractivity contribution in [3.8, 4) is 0 Å². The van der Waals surface area contributed by atoms with Crippen LogP contribution in [-0.4, -0.2) is 16.7 Å². The maximum absolute atomic E-state index is 12.4. The number of benzene rings is 2. The Balaban J connectivity index is 1.70. The third kappa shape index (κ3) is 4.79. The standard InChI is InChI=1S/C22H21N3O2/c1-14-9-15(2)11-20(10-14)24-21-8-7-18(13-23-21)22(27)25-19-6-4-5-17(12-19)16(3)26/h4-13H,1-3H3,(H,23,24)(H,25,27). The lowest BCUT2D eigenvalue weighted by molar-refractivity contribution is 0.101. The second-order valence-corrected chi connectivity index (χ2v) is 6.52. The molecule has 0 radical (unpaired) electrons. The van der Waals surface area contributed by atoms with Gasteiger partial charge in [0, 0.05) is 23.1 Å². The first kappa shape index (κ1) is 18.3. The summed E-state index contributed by atoms with van der Waals surface area (Å²) in [5, 5.41) is 6.03. The zero-order valence-corrected chi connectivity index (χ0v) is 15.5. The highest BCUT2D eigenvalue weighted by Gasteiger charge is 2.08. The van der Waals surface area contributed by atoms with Crippen molar-refractivity contribution in [3.63, 3.8) is 0 Å². The summed E-state index contributed by atoms with van der Waals surface area (Å²) in [4.78, 5) is 28.2. The van der Waals surface area contributed by atoms with Gasteiger partial charge in [-0.05, 0) is 68.3 Å². The Morgan fingerprint density at radius 1 is 0.852 bits per heavy atom. The van der Waals surface area contributed by atoms with Gasteiger partial charge >= 0.3 is 0 Å². The van der Waals surface area contributed by atoms with E-state index in [0.29, 0.717) is 22.6 Å². The van der Waals surface area contributed by atoms with Gasteiger partial charge in [0.1, 0.15) is 5.82 Å². The van der Waals surface area contributed by atoms with Crippen LogP contribution in [-0.2, 0) is 0 Å². The van der Waals surface area contributed by atoms with Crippen molar-refractivity contribution in [3.05, 3.63) is 83.0 Å². The molecule has 5 heteroatoms. The van der Waals surface area contributed by atoms with Gasteiger partial charge in [0.15, 0.2) is 5.78 Å². The van der Waals surface area contributed by atoms with Crippen molar-refractivity contribution in [2.45, 2.75) is 20.8 Å². The molecule has 0 spiro atoms. The van der Waals surface area contributed by atoms with E-state index in [1.807, 2.05) is 26.0 Å². The first-order valence-corrected chi connectivity index (χ1v) is 8.64. The van der Waals surface area contributed by atoms with Crippen molar-refractivity contribution < 1.29 is 9.59 Å². The van der Waals surface area contributed by atoms with Crippen LogP contribution < -0.4 is 10.6 Å². The zero-order valence-electron chi connectivity index (χ0n) is 15.5. The van der Waals surface area contributed by atoms with Crippen molar-refractivity contribution >= 4 is 28.9 Å². The number of pyridine rings is 1. The number of anilines is 3. The minimum atomic E-state index is -0.277. The maximum atomic E-state index is 12.4. The van der Waals surface area contributed by atoms with Crippen LogP contribution >= 0.6 is 0 Å². The van der Waals surface area contributed by atoms with Gasteiger partial charge in [0.25, 0.3) is 5.91 Å². The molecule has 2 aromatic carbocycles. The molecule has 0 aliphatic heterocycles. The SMILES string of the molecule is CC(=O)c1cccc(NC(=O)c2ccc(Nc3cc(C)cc(C)c3)nc2)c1. The highest BCUT2D eigenvalue weighted by Crippen LogP contribution is 2.19. The zero-order chi connectivity index (χ0) is 19.4. The van der Waals surface area contributed by atoms with Crippen LogP contribution in [0.2, 0.25) is 0 Å². The van der Waals surface area contributed by atoms with Gasteiger partial charge in [-0.25, -0.2) is 4.98 Å². The van der Waals surface area contributed by atoms with Crippen LogP contribution in [0.1, 0.15) is 38.8 Å². The predicted molar refractivity (Wildman–Crippen MR) is 108 cm³/mol. The molecule has 5 nitrogen and oxygen atoms in total. The van der Waals surface area contributed by atoms with Crippen molar-refractivity contribution in [1.82, 2.24) is 4.98 Å². The van der Waals surface area contributed by atoms with E-state index in [9.17, 15) is 9.59 Å². The lowest BCUT2D eigenvalue weighted by Gasteiger charge is -2.09. The number of rotatable bonds is 5. The molecule has 0 saturated carbocycles. The Labute approximate surface area is 158 Å². The van der Waals surface area contributed by atoms with Gasteiger partial charge in [0.05, 0.1) is 5.56 Å². The van der Waals surface area contributed by atoms with Crippen LogP contribution in [0.5, 0.6) is 0 Å². The highest BCUT2D eigenvalue weighted by atomic mass is 16.1. The third-order valence-corrected chi connectivity index (χ3v) is 4.05. The number of Topliss-reactive ketones (excluding diaryl/α,β-unsaturated/α-hetero) is 1. The summed E-state index contributed by atoms with van der Waals surface area (Å²) in [5.74, 6) is 0.339. The van der Waals surface area contributed by atoms with E-state index >= 15 is 0 Å². The van der Waals surface area contributed by atoms with E-state index in [1.165, 1.54) is 24.2 Å². The van der Waals surface area contributed by atoms with Gasteiger partial charge in [-0.15, -0.1) is 0 Å². The van der Waals surface area contributed by atoms with Gasteiger partial charge in [0.2, 0.25) is 0 Å². The van der Waals surface area contributed by atoms with E-state index < -0.39 is 0 Å². The number of ketones is 1. The molecular weight excluding hydrogens is 338 g/mol. The molecule has 1 heterocycles. The normalized spacial score (nSPS) is 10.3. The number of carbonyl (C=O) groups excluding carboxylic acids is 2. The van der Waals surface area contributed by atoms with Gasteiger partial charge < -0.3 is 10.6 Å². The summed E-state index contributed by atoms with van der Waals surface area (Å²) in [6.07, 6.45) is 1.52. The average Bonchev–Trinajstić information content (AvgIpc) is 2.61. The maximum Gasteiger partial charge on any atom is 0.257 e. The van der Waals surface area contributed by atoms with Crippen LogP contribution in [0, 0.1) is 13.8 Å². The van der Waals surface area contributed by atoms with E-state index in [1.54, 1.807) is 36.4 Å². The van der Waals surface area contributed by atoms with Crippen LogP contribution in [0.15, 0.2) is 60.8 Å². The van der Waals surface area contributed by atoms with E-state index in [0.717, 1.165) is 5.69 Å². The van der Waals surface area contributed by atoms with Crippen molar-refractivity contribution in [1.29, 1.82) is 0 Å². The van der Waals surface area contributed by atoms with E-state index in [-0.39, 0.29) is 11.7 Å². The molecule has 0 atom stereocenters. The fourth-order valence-corrected chi connectivity index (χ4v) is 2.82. The molecule has 0 unspecified atom stereocenters. The minimum absolute atomic E-state index is 0.0467. The van der Waals surface area contributed by atoms with Crippen molar-refractivity contribution in [2.75, 3.05) is 10.6 Å². The molecule has 27 heavy (non-hydrogen) atoms. The number of amides is 1.